The van der Waals surface area contributed by atoms with Crippen LogP contribution in [-0.2, 0) is 4.74 Å². The van der Waals surface area contributed by atoms with Gasteiger partial charge in [0.1, 0.15) is 5.60 Å². The van der Waals surface area contributed by atoms with Crippen molar-refractivity contribution >= 4 is 6.09 Å². The Morgan fingerprint density at radius 2 is 1.52 bits per heavy atom. The molecule has 21 heavy (non-hydrogen) atoms. The van der Waals surface area contributed by atoms with Crippen LogP contribution in [0.25, 0.3) is 0 Å². The number of alkyl carbamates (subject to hydrolysis) is 1. The zero-order chi connectivity index (χ0) is 16.5. The van der Waals surface area contributed by atoms with E-state index in [1.54, 1.807) is 0 Å². The lowest BCUT2D eigenvalue weighted by atomic mass is 9.95. The molecule has 0 saturated heterocycles. The predicted molar refractivity (Wildman–Crippen MR) is 89.6 cm³/mol. The van der Waals surface area contributed by atoms with Gasteiger partial charge < -0.3 is 15.4 Å². The summed E-state index contributed by atoms with van der Waals surface area (Å²) in [6.45, 7) is 16.2. The molecule has 0 atom stereocenters. The van der Waals surface area contributed by atoms with Gasteiger partial charge in [0, 0.05) is 12.6 Å². The zero-order valence-corrected chi connectivity index (χ0v) is 15.1. The molecule has 0 spiro atoms. The molecule has 2 N–H and O–H groups in total. The molecule has 0 bridgehead atoms. The second-order valence-corrected chi connectivity index (χ2v) is 7.69. The second kappa shape index (κ2) is 10.0. The summed E-state index contributed by atoms with van der Waals surface area (Å²) in [5.41, 5.74) is -0.429. The van der Waals surface area contributed by atoms with E-state index in [4.69, 9.17) is 4.74 Å². The Kier molecular flexibility index (Phi) is 9.67. The van der Waals surface area contributed by atoms with Gasteiger partial charge in [0.05, 0.1) is 0 Å². The van der Waals surface area contributed by atoms with Crippen LogP contribution in [0.2, 0.25) is 0 Å². The van der Waals surface area contributed by atoms with Gasteiger partial charge in [-0.2, -0.15) is 0 Å². The highest BCUT2D eigenvalue weighted by Crippen LogP contribution is 2.13. The van der Waals surface area contributed by atoms with Gasteiger partial charge in [0.15, 0.2) is 0 Å². The summed E-state index contributed by atoms with van der Waals surface area (Å²) < 4.78 is 5.20. The number of hydrogen-bond donors (Lipinski definition) is 2. The maximum atomic E-state index is 11.5. The van der Waals surface area contributed by atoms with E-state index in [1.165, 1.54) is 12.8 Å². The Labute approximate surface area is 131 Å². The number of rotatable bonds is 9. The van der Waals surface area contributed by atoms with E-state index in [2.05, 4.69) is 38.3 Å². The van der Waals surface area contributed by atoms with Crippen LogP contribution in [0.3, 0.4) is 0 Å². The zero-order valence-electron chi connectivity index (χ0n) is 15.1. The summed E-state index contributed by atoms with van der Waals surface area (Å²) in [7, 11) is 0. The van der Waals surface area contributed by atoms with E-state index < -0.39 is 5.60 Å². The van der Waals surface area contributed by atoms with Gasteiger partial charge in [-0.25, -0.2) is 4.79 Å². The first kappa shape index (κ1) is 20.2. The number of nitrogens with one attached hydrogen (secondary N) is 2. The van der Waals surface area contributed by atoms with Gasteiger partial charge >= 0.3 is 6.09 Å². The van der Waals surface area contributed by atoms with Gasteiger partial charge in [-0.15, -0.1) is 0 Å². The average molecular weight is 300 g/mol. The summed E-state index contributed by atoms with van der Waals surface area (Å²) >= 11 is 0. The van der Waals surface area contributed by atoms with Crippen molar-refractivity contribution in [1.29, 1.82) is 0 Å². The molecule has 126 valence electrons. The van der Waals surface area contributed by atoms with E-state index in [-0.39, 0.29) is 6.09 Å². The third-order valence-corrected chi connectivity index (χ3v) is 2.97. The van der Waals surface area contributed by atoms with Crippen molar-refractivity contribution in [2.75, 3.05) is 13.1 Å². The quantitative estimate of drug-likeness (QED) is 0.634. The summed E-state index contributed by atoms with van der Waals surface area (Å²) in [5, 5.41) is 6.41. The number of carbonyl (C=O) groups is 1. The molecule has 4 nitrogen and oxygen atoms in total. The van der Waals surface area contributed by atoms with Crippen LogP contribution in [0, 0.1) is 11.8 Å². The topological polar surface area (TPSA) is 50.4 Å². The smallest absolute Gasteiger partial charge is 0.407 e. The van der Waals surface area contributed by atoms with Crippen LogP contribution in [0.4, 0.5) is 4.79 Å². The third kappa shape index (κ3) is 13.9. The molecule has 1 amide bonds. The summed E-state index contributed by atoms with van der Waals surface area (Å²) in [6, 6.07) is 0.575. The monoisotopic (exact) mass is 300 g/mol. The summed E-state index contributed by atoms with van der Waals surface area (Å²) in [6.07, 6.45) is 3.00. The molecule has 0 aromatic rings. The largest absolute Gasteiger partial charge is 0.444 e. The van der Waals surface area contributed by atoms with Crippen molar-refractivity contribution in [1.82, 2.24) is 10.6 Å². The van der Waals surface area contributed by atoms with Crippen molar-refractivity contribution in [2.45, 2.75) is 79.4 Å². The van der Waals surface area contributed by atoms with Crippen molar-refractivity contribution < 1.29 is 9.53 Å². The molecule has 0 aliphatic rings. The minimum absolute atomic E-state index is 0.330. The van der Waals surface area contributed by atoms with E-state index in [0.29, 0.717) is 24.4 Å². The molecular weight excluding hydrogens is 264 g/mol. The Morgan fingerprint density at radius 3 is 1.95 bits per heavy atom. The molecule has 0 fully saturated rings. The van der Waals surface area contributed by atoms with Crippen LogP contribution >= 0.6 is 0 Å². The van der Waals surface area contributed by atoms with Crippen molar-refractivity contribution in [3.8, 4) is 0 Å². The first-order valence-electron chi connectivity index (χ1n) is 8.30. The lowest BCUT2D eigenvalue weighted by Gasteiger charge is -2.23. The van der Waals surface area contributed by atoms with Crippen LogP contribution in [-0.4, -0.2) is 30.8 Å². The maximum Gasteiger partial charge on any atom is 0.407 e. The first-order chi connectivity index (χ1) is 9.60. The summed E-state index contributed by atoms with van der Waals surface area (Å²) in [5.74, 6) is 1.42. The molecule has 0 radical (unpaired) electrons. The molecular formula is C17H36N2O2. The number of carbonyl (C=O) groups excluding carboxylic acids is 1. The van der Waals surface area contributed by atoms with Gasteiger partial charge in [-0.05, 0) is 58.4 Å². The molecule has 4 heteroatoms. The molecule has 0 saturated carbocycles. The second-order valence-electron chi connectivity index (χ2n) is 7.69. The van der Waals surface area contributed by atoms with Crippen molar-refractivity contribution in [2.24, 2.45) is 11.8 Å². The van der Waals surface area contributed by atoms with Gasteiger partial charge in [-0.3, -0.25) is 0 Å². The Morgan fingerprint density at radius 1 is 1.00 bits per heavy atom. The fraction of sp³-hybridized carbons (Fsp3) is 0.941. The van der Waals surface area contributed by atoms with Crippen LogP contribution in [0.15, 0.2) is 0 Å². The molecule has 0 aromatic carbocycles. The SMILES string of the molecule is CC(C)CC(CC(C)C)NCCCNC(=O)OC(C)(C)C. The van der Waals surface area contributed by atoms with E-state index >= 15 is 0 Å². The molecule has 0 aliphatic carbocycles. The van der Waals surface area contributed by atoms with E-state index in [0.717, 1.165) is 13.0 Å². The van der Waals surface area contributed by atoms with Gasteiger partial charge in [0.25, 0.3) is 0 Å². The molecule has 0 aromatic heterocycles. The first-order valence-corrected chi connectivity index (χ1v) is 8.30. The van der Waals surface area contributed by atoms with Crippen LogP contribution < -0.4 is 10.6 Å². The predicted octanol–water partition coefficient (Wildman–Crippen LogP) is 3.95. The molecule has 0 heterocycles. The van der Waals surface area contributed by atoms with E-state index in [1.807, 2.05) is 20.8 Å². The Balaban J connectivity index is 3.82. The molecule has 0 aliphatic heterocycles. The third-order valence-electron chi connectivity index (χ3n) is 2.97. The van der Waals surface area contributed by atoms with Gasteiger partial charge in [0.2, 0.25) is 0 Å². The fourth-order valence-corrected chi connectivity index (χ4v) is 2.30. The lowest BCUT2D eigenvalue weighted by Crippen LogP contribution is -2.36. The molecule has 0 unspecified atom stereocenters. The highest BCUT2D eigenvalue weighted by Gasteiger charge is 2.15. The molecule has 0 rings (SSSR count). The Hall–Kier alpha value is -0.770. The van der Waals surface area contributed by atoms with E-state index in [9.17, 15) is 4.79 Å². The number of ether oxygens (including phenoxy) is 1. The summed E-state index contributed by atoms with van der Waals surface area (Å²) in [4.78, 5) is 11.5. The number of hydrogen-bond acceptors (Lipinski definition) is 3. The van der Waals surface area contributed by atoms with Crippen LogP contribution in [0.5, 0.6) is 0 Å². The Bertz CT molecular complexity index is 273. The van der Waals surface area contributed by atoms with Crippen molar-refractivity contribution in [3.63, 3.8) is 0 Å². The van der Waals surface area contributed by atoms with Crippen LogP contribution in [0.1, 0.15) is 67.7 Å². The fourth-order valence-electron chi connectivity index (χ4n) is 2.30. The lowest BCUT2D eigenvalue weighted by molar-refractivity contribution is 0.0527. The minimum Gasteiger partial charge on any atom is -0.444 e. The number of amides is 1. The van der Waals surface area contributed by atoms with Crippen molar-refractivity contribution in [3.05, 3.63) is 0 Å². The minimum atomic E-state index is -0.429. The average Bonchev–Trinajstić information content (AvgIpc) is 2.23. The highest BCUT2D eigenvalue weighted by molar-refractivity contribution is 5.67. The standard InChI is InChI=1S/C17H36N2O2/c1-13(2)11-15(12-14(3)4)18-9-8-10-19-16(20)21-17(5,6)7/h13-15,18H,8-12H2,1-7H3,(H,19,20). The van der Waals surface area contributed by atoms with Gasteiger partial charge in [-0.1, -0.05) is 27.7 Å². The normalized spacial score (nSPS) is 12.3. The highest BCUT2D eigenvalue weighted by atomic mass is 16.6. The maximum absolute atomic E-state index is 11.5.